The Kier molecular flexibility index (Phi) is 5.93. The average molecular weight is 386 g/mol. The van der Waals surface area contributed by atoms with E-state index < -0.39 is 12.1 Å². The largest absolute Gasteiger partial charge is 0.443 e. The van der Waals surface area contributed by atoms with Gasteiger partial charge in [0.1, 0.15) is 5.69 Å². The van der Waals surface area contributed by atoms with Crippen molar-refractivity contribution in [2.24, 2.45) is 7.05 Å². The van der Waals surface area contributed by atoms with E-state index in [2.05, 4.69) is 5.32 Å². The van der Waals surface area contributed by atoms with Crippen molar-refractivity contribution in [3.05, 3.63) is 58.6 Å². The standard InChI is InChI=1S/C20H22N2O4S/c1-13-4-6-14(7-5-13)18(19(23)21-9-10-25-3)26-20(24)16-12-17-15(22(16)2)8-11-27-17/h4-8,11-12,18H,9-10H2,1-3H3,(H,21,23)/t18-/m0/s1. The molecule has 142 valence electrons. The summed E-state index contributed by atoms with van der Waals surface area (Å²) in [6.45, 7) is 2.68. The van der Waals surface area contributed by atoms with Crippen molar-refractivity contribution in [3.63, 3.8) is 0 Å². The molecule has 1 amide bonds. The SMILES string of the molecule is COCCNC(=O)[C@@H](OC(=O)c1cc2sccc2n1C)c1ccc(C)cc1. The van der Waals surface area contributed by atoms with Gasteiger partial charge in [-0.2, -0.15) is 0 Å². The molecule has 0 bridgehead atoms. The lowest BCUT2D eigenvalue weighted by Gasteiger charge is -2.18. The Morgan fingerprint density at radius 2 is 1.96 bits per heavy atom. The van der Waals surface area contributed by atoms with Gasteiger partial charge in [-0.3, -0.25) is 4.79 Å². The molecule has 0 saturated carbocycles. The number of carbonyl (C=O) groups excluding carboxylic acids is 2. The Bertz CT molecular complexity index is 943. The van der Waals surface area contributed by atoms with Gasteiger partial charge in [0.15, 0.2) is 0 Å². The van der Waals surface area contributed by atoms with Gasteiger partial charge in [-0.25, -0.2) is 4.79 Å². The predicted octanol–water partition coefficient (Wildman–Crippen LogP) is 3.21. The number of nitrogens with one attached hydrogen (secondary N) is 1. The predicted molar refractivity (Wildman–Crippen MR) is 105 cm³/mol. The molecule has 0 aliphatic heterocycles. The number of benzene rings is 1. The smallest absolute Gasteiger partial charge is 0.356 e. The number of ether oxygens (including phenoxy) is 2. The maximum atomic E-state index is 12.8. The first-order chi connectivity index (χ1) is 13.0. The number of aryl methyl sites for hydroxylation is 2. The van der Waals surface area contributed by atoms with E-state index in [0.717, 1.165) is 15.8 Å². The van der Waals surface area contributed by atoms with Crippen molar-refractivity contribution in [2.45, 2.75) is 13.0 Å². The van der Waals surface area contributed by atoms with E-state index in [1.165, 1.54) is 0 Å². The lowest BCUT2D eigenvalue weighted by Crippen LogP contribution is -2.34. The lowest BCUT2D eigenvalue weighted by atomic mass is 10.1. The normalized spacial score (nSPS) is 12.1. The highest BCUT2D eigenvalue weighted by Gasteiger charge is 2.27. The molecule has 0 aliphatic rings. The van der Waals surface area contributed by atoms with E-state index in [-0.39, 0.29) is 5.91 Å². The van der Waals surface area contributed by atoms with Gasteiger partial charge < -0.3 is 19.4 Å². The number of carbonyl (C=O) groups is 2. The number of hydrogen-bond donors (Lipinski definition) is 1. The second kappa shape index (κ2) is 8.37. The molecule has 2 aromatic heterocycles. The van der Waals surface area contributed by atoms with Crippen LogP contribution in [-0.4, -0.2) is 36.7 Å². The van der Waals surface area contributed by atoms with Gasteiger partial charge in [-0.15, -0.1) is 11.3 Å². The quantitative estimate of drug-likeness (QED) is 0.500. The molecule has 7 heteroatoms. The molecule has 1 aromatic carbocycles. The summed E-state index contributed by atoms with van der Waals surface area (Å²) in [6, 6.07) is 11.1. The Hall–Kier alpha value is -2.64. The van der Waals surface area contributed by atoms with Crippen LogP contribution in [0.25, 0.3) is 10.2 Å². The minimum absolute atomic E-state index is 0.342. The highest BCUT2D eigenvalue weighted by Crippen LogP contribution is 2.26. The molecule has 2 heterocycles. The molecule has 0 aliphatic carbocycles. The molecule has 0 radical (unpaired) electrons. The summed E-state index contributed by atoms with van der Waals surface area (Å²) < 4.78 is 13.4. The average Bonchev–Trinajstić information content (AvgIpc) is 3.24. The molecule has 1 atom stereocenters. The van der Waals surface area contributed by atoms with Crippen LogP contribution >= 0.6 is 11.3 Å². The second-order valence-corrected chi connectivity index (χ2v) is 7.19. The first kappa shape index (κ1) is 19.1. The fourth-order valence-electron chi connectivity index (χ4n) is 2.80. The van der Waals surface area contributed by atoms with E-state index >= 15 is 0 Å². The molecule has 0 fully saturated rings. The molecular formula is C20H22N2O4S. The van der Waals surface area contributed by atoms with Crippen molar-refractivity contribution in [2.75, 3.05) is 20.3 Å². The van der Waals surface area contributed by atoms with Gasteiger partial charge in [-0.05, 0) is 24.4 Å². The maximum absolute atomic E-state index is 12.8. The van der Waals surface area contributed by atoms with Crippen LogP contribution in [0.5, 0.6) is 0 Å². The van der Waals surface area contributed by atoms with Crippen LogP contribution in [0, 0.1) is 6.92 Å². The summed E-state index contributed by atoms with van der Waals surface area (Å²) in [5.41, 5.74) is 3.06. The molecule has 0 saturated heterocycles. The maximum Gasteiger partial charge on any atom is 0.356 e. The Balaban J connectivity index is 1.84. The Labute approximate surface area is 161 Å². The van der Waals surface area contributed by atoms with Crippen molar-refractivity contribution < 1.29 is 19.1 Å². The number of esters is 1. The fraction of sp³-hybridized carbons (Fsp3) is 0.300. The zero-order valence-electron chi connectivity index (χ0n) is 15.5. The Morgan fingerprint density at radius 1 is 1.22 bits per heavy atom. The van der Waals surface area contributed by atoms with Gasteiger partial charge in [0, 0.05) is 26.3 Å². The van der Waals surface area contributed by atoms with Gasteiger partial charge in [0.05, 0.1) is 16.8 Å². The number of hydrogen-bond acceptors (Lipinski definition) is 5. The number of fused-ring (bicyclic) bond motifs is 1. The summed E-state index contributed by atoms with van der Waals surface area (Å²) in [7, 11) is 3.37. The summed E-state index contributed by atoms with van der Waals surface area (Å²) >= 11 is 1.55. The van der Waals surface area contributed by atoms with E-state index in [4.69, 9.17) is 9.47 Å². The molecule has 27 heavy (non-hydrogen) atoms. The zero-order chi connectivity index (χ0) is 19.4. The van der Waals surface area contributed by atoms with E-state index in [1.54, 1.807) is 41.2 Å². The number of nitrogens with zero attached hydrogens (tertiary/aromatic N) is 1. The molecule has 1 N–H and O–H groups in total. The van der Waals surface area contributed by atoms with E-state index in [0.29, 0.717) is 24.4 Å². The van der Waals surface area contributed by atoms with Crippen LogP contribution in [0.15, 0.2) is 41.8 Å². The topological polar surface area (TPSA) is 69.6 Å². The fourth-order valence-corrected chi connectivity index (χ4v) is 3.65. The molecule has 0 spiro atoms. The third-order valence-corrected chi connectivity index (χ3v) is 5.17. The van der Waals surface area contributed by atoms with Gasteiger partial charge in [0.2, 0.25) is 6.10 Å². The highest BCUT2D eigenvalue weighted by atomic mass is 32.1. The van der Waals surface area contributed by atoms with Gasteiger partial charge >= 0.3 is 5.97 Å². The van der Waals surface area contributed by atoms with E-state index in [1.807, 2.05) is 37.6 Å². The first-order valence-electron chi connectivity index (χ1n) is 8.58. The lowest BCUT2D eigenvalue weighted by molar-refractivity contribution is -0.130. The van der Waals surface area contributed by atoms with Crippen LogP contribution < -0.4 is 5.32 Å². The number of methoxy groups -OCH3 is 1. The number of thiophene rings is 1. The van der Waals surface area contributed by atoms with Gasteiger partial charge in [-0.1, -0.05) is 29.8 Å². The highest BCUT2D eigenvalue weighted by molar-refractivity contribution is 7.17. The minimum atomic E-state index is -1.03. The molecule has 0 unspecified atom stereocenters. The van der Waals surface area contributed by atoms with Crippen molar-refractivity contribution in [1.29, 1.82) is 0 Å². The van der Waals surface area contributed by atoms with Crippen LogP contribution in [0.3, 0.4) is 0 Å². The molecule has 3 rings (SSSR count). The first-order valence-corrected chi connectivity index (χ1v) is 9.46. The number of amides is 1. The molecular weight excluding hydrogens is 364 g/mol. The third-order valence-electron chi connectivity index (χ3n) is 4.32. The Morgan fingerprint density at radius 3 is 2.63 bits per heavy atom. The van der Waals surface area contributed by atoms with E-state index in [9.17, 15) is 9.59 Å². The van der Waals surface area contributed by atoms with Gasteiger partial charge in [0.25, 0.3) is 5.91 Å². The monoisotopic (exact) mass is 386 g/mol. The van der Waals surface area contributed by atoms with Crippen molar-refractivity contribution >= 4 is 33.4 Å². The minimum Gasteiger partial charge on any atom is -0.443 e. The van der Waals surface area contributed by atoms with Crippen LogP contribution in [0.1, 0.15) is 27.7 Å². The summed E-state index contributed by atoms with van der Waals surface area (Å²) in [6.07, 6.45) is -1.03. The molecule has 3 aromatic rings. The second-order valence-electron chi connectivity index (χ2n) is 6.24. The van der Waals surface area contributed by atoms with Crippen molar-refractivity contribution in [3.8, 4) is 0 Å². The van der Waals surface area contributed by atoms with Crippen LogP contribution in [0.2, 0.25) is 0 Å². The van der Waals surface area contributed by atoms with Crippen LogP contribution in [-0.2, 0) is 21.3 Å². The summed E-state index contributed by atoms with van der Waals surface area (Å²) in [5, 5.41) is 4.71. The molecule has 6 nitrogen and oxygen atoms in total. The third kappa shape index (κ3) is 4.20. The van der Waals surface area contributed by atoms with Crippen molar-refractivity contribution in [1.82, 2.24) is 9.88 Å². The van der Waals surface area contributed by atoms with Crippen LogP contribution in [0.4, 0.5) is 0 Å². The zero-order valence-corrected chi connectivity index (χ0v) is 16.3. The number of rotatable bonds is 7. The number of aromatic nitrogens is 1. The summed E-state index contributed by atoms with van der Waals surface area (Å²) in [4.78, 5) is 25.4. The summed E-state index contributed by atoms with van der Waals surface area (Å²) in [5.74, 6) is -0.909.